The number of amides is 1. The van der Waals surface area contributed by atoms with Gasteiger partial charge in [-0.15, -0.1) is 0 Å². The monoisotopic (exact) mass is 339 g/mol. The van der Waals surface area contributed by atoms with Crippen LogP contribution in [0.3, 0.4) is 0 Å². The van der Waals surface area contributed by atoms with Crippen LogP contribution in [0.2, 0.25) is 0 Å². The van der Waals surface area contributed by atoms with Gasteiger partial charge >= 0.3 is 6.09 Å². The third-order valence-corrected chi connectivity index (χ3v) is 3.51. The van der Waals surface area contributed by atoms with E-state index in [0.29, 0.717) is 6.04 Å². The van der Waals surface area contributed by atoms with Gasteiger partial charge in [0, 0.05) is 6.04 Å². The minimum Gasteiger partial charge on any atom is -0.444 e. The summed E-state index contributed by atoms with van der Waals surface area (Å²) in [6.07, 6.45) is 5.87. The third-order valence-electron chi connectivity index (χ3n) is 2.77. The second kappa shape index (κ2) is 6.07. The second-order valence-electron chi connectivity index (χ2n) is 5.36. The fourth-order valence-corrected chi connectivity index (χ4v) is 2.84. The highest BCUT2D eigenvalue weighted by Crippen LogP contribution is 2.24. The van der Waals surface area contributed by atoms with Crippen molar-refractivity contribution in [2.75, 3.05) is 4.55 Å². The van der Waals surface area contributed by atoms with Gasteiger partial charge in [-0.25, -0.2) is 4.79 Å². The summed E-state index contributed by atoms with van der Waals surface area (Å²) in [4.78, 5) is 13.9. The van der Waals surface area contributed by atoms with Gasteiger partial charge in [-0.2, -0.15) is 0 Å². The molecule has 0 unspecified atom stereocenters. The van der Waals surface area contributed by atoms with Gasteiger partial charge in [0.1, 0.15) is 5.60 Å². The first kappa shape index (κ1) is 14.1. The van der Waals surface area contributed by atoms with Gasteiger partial charge in [-0.3, -0.25) is 4.90 Å². The zero-order chi connectivity index (χ0) is 12.2. The SMILES string of the molecule is CC(C)(C)OC(=O)N(CI)C1CCCCC1. The third kappa shape index (κ3) is 4.47. The van der Waals surface area contributed by atoms with Crippen LogP contribution in [0, 0.1) is 0 Å². The van der Waals surface area contributed by atoms with Crippen molar-refractivity contribution < 1.29 is 9.53 Å². The molecule has 0 spiro atoms. The van der Waals surface area contributed by atoms with Crippen molar-refractivity contribution in [1.82, 2.24) is 4.90 Å². The van der Waals surface area contributed by atoms with Gasteiger partial charge < -0.3 is 4.74 Å². The molecule has 94 valence electrons. The Balaban J connectivity index is 2.55. The van der Waals surface area contributed by atoms with Crippen LogP contribution in [0.25, 0.3) is 0 Å². The molecule has 0 aromatic heterocycles. The minimum atomic E-state index is -0.393. The number of alkyl halides is 1. The van der Waals surface area contributed by atoms with E-state index in [1.807, 2.05) is 25.7 Å². The molecule has 0 saturated heterocycles. The number of carbonyl (C=O) groups excluding carboxylic acids is 1. The van der Waals surface area contributed by atoms with Crippen LogP contribution in [0.1, 0.15) is 52.9 Å². The van der Waals surface area contributed by atoms with E-state index in [4.69, 9.17) is 4.74 Å². The standard InChI is InChI=1S/C12H22INO2/c1-12(2,3)16-11(15)14(9-13)10-7-5-4-6-8-10/h10H,4-9H2,1-3H3. The molecule has 1 amide bonds. The first-order chi connectivity index (χ1) is 7.44. The van der Waals surface area contributed by atoms with E-state index >= 15 is 0 Å². The maximum atomic E-state index is 12.0. The summed E-state index contributed by atoms with van der Waals surface area (Å²) in [7, 11) is 0. The summed E-state index contributed by atoms with van der Waals surface area (Å²) in [6, 6.07) is 0.389. The van der Waals surface area contributed by atoms with Crippen molar-refractivity contribution in [3.8, 4) is 0 Å². The van der Waals surface area contributed by atoms with Crippen molar-refractivity contribution in [3.05, 3.63) is 0 Å². The average Bonchev–Trinajstić information content (AvgIpc) is 2.17. The lowest BCUT2D eigenvalue weighted by molar-refractivity contribution is 0.0181. The van der Waals surface area contributed by atoms with Crippen molar-refractivity contribution >= 4 is 28.7 Å². The van der Waals surface area contributed by atoms with E-state index in [0.717, 1.165) is 17.4 Å². The van der Waals surface area contributed by atoms with Gasteiger partial charge in [0.05, 0.1) is 4.55 Å². The minimum absolute atomic E-state index is 0.159. The Morgan fingerprint density at radius 3 is 2.31 bits per heavy atom. The van der Waals surface area contributed by atoms with Crippen molar-refractivity contribution in [3.63, 3.8) is 0 Å². The first-order valence-corrected chi connectivity index (χ1v) is 7.52. The lowest BCUT2D eigenvalue weighted by atomic mass is 9.95. The first-order valence-electron chi connectivity index (χ1n) is 5.99. The fourth-order valence-electron chi connectivity index (χ4n) is 2.01. The molecule has 1 aliphatic carbocycles. The Hall–Kier alpha value is 0. The van der Waals surface area contributed by atoms with Gasteiger partial charge in [0.2, 0.25) is 0 Å². The Morgan fingerprint density at radius 1 is 1.31 bits per heavy atom. The number of hydrogen-bond acceptors (Lipinski definition) is 2. The number of halogens is 1. The number of hydrogen-bond donors (Lipinski definition) is 0. The van der Waals surface area contributed by atoms with Crippen molar-refractivity contribution in [1.29, 1.82) is 0 Å². The number of rotatable bonds is 2. The molecule has 0 heterocycles. The summed E-state index contributed by atoms with van der Waals surface area (Å²) < 4.78 is 6.15. The normalized spacial score (nSPS) is 18.2. The van der Waals surface area contributed by atoms with Crippen LogP contribution in [0.4, 0.5) is 4.79 Å². The molecule has 3 nitrogen and oxygen atoms in total. The fraction of sp³-hybridized carbons (Fsp3) is 0.917. The second-order valence-corrected chi connectivity index (χ2v) is 6.04. The summed E-state index contributed by atoms with van der Waals surface area (Å²) in [6.45, 7) is 5.74. The van der Waals surface area contributed by atoms with Crippen molar-refractivity contribution in [2.45, 2.75) is 64.5 Å². The summed E-state index contributed by atoms with van der Waals surface area (Å²) in [5.74, 6) is 0. The van der Waals surface area contributed by atoms with Crippen LogP contribution >= 0.6 is 22.6 Å². The van der Waals surface area contributed by atoms with Crippen LogP contribution in [-0.4, -0.2) is 27.2 Å². The van der Waals surface area contributed by atoms with E-state index in [-0.39, 0.29) is 6.09 Å². The molecule has 16 heavy (non-hydrogen) atoms. The van der Waals surface area contributed by atoms with Crippen LogP contribution in [-0.2, 0) is 4.74 Å². The molecular formula is C12H22INO2. The highest BCUT2D eigenvalue weighted by atomic mass is 127. The van der Waals surface area contributed by atoms with Gasteiger partial charge in [-0.05, 0) is 33.6 Å². The van der Waals surface area contributed by atoms with Crippen LogP contribution in [0.5, 0.6) is 0 Å². The van der Waals surface area contributed by atoms with Crippen LogP contribution < -0.4 is 0 Å². The summed E-state index contributed by atoms with van der Waals surface area (Å²) >= 11 is 2.24. The quantitative estimate of drug-likeness (QED) is 0.433. The molecule has 0 N–H and O–H groups in total. The smallest absolute Gasteiger partial charge is 0.411 e. The zero-order valence-corrected chi connectivity index (χ0v) is 12.6. The number of carbonyl (C=O) groups is 1. The molecule has 0 bridgehead atoms. The number of ether oxygens (including phenoxy) is 1. The Kier molecular flexibility index (Phi) is 5.34. The van der Waals surface area contributed by atoms with E-state index in [1.54, 1.807) is 0 Å². The molecular weight excluding hydrogens is 317 g/mol. The molecule has 1 rings (SSSR count). The van der Waals surface area contributed by atoms with Gasteiger partial charge in [-0.1, -0.05) is 41.9 Å². The number of nitrogens with zero attached hydrogens (tertiary/aromatic N) is 1. The molecule has 0 aliphatic heterocycles. The highest BCUT2D eigenvalue weighted by Gasteiger charge is 2.28. The van der Waals surface area contributed by atoms with Crippen molar-refractivity contribution in [2.24, 2.45) is 0 Å². The van der Waals surface area contributed by atoms with E-state index < -0.39 is 5.60 Å². The predicted molar refractivity (Wildman–Crippen MR) is 73.8 cm³/mol. The molecule has 1 fully saturated rings. The molecule has 4 heteroatoms. The van der Waals surface area contributed by atoms with Gasteiger partial charge in [0.25, 0.3) is 0 Å². The topological polar surface area (TPSA) is 29.5 Å². The lowest BCUT2D eigenvalue weighted by Crippen LogP contribution is -2.43. The predicted octanol–water partition coefficient (Wildman–Crippen LogP) is 3.95. The Morgan fingerprint density at radius 2 is 1.88 bits per heavy atom. The Bertz CT molecular complexity index is 232. The largest absolute Gasteiger partial charge is 0.444 e. The maximum Gasteiger partial charge on any atom is 0.411 e. The summed E-state index contributed by atoms with van der Waals surface area (Å²) in [5.41, 5.74) is -0.393. The van der Waals surface area contributed by atoms with Crippen LogP contribution in [0.15, 0.2) is 0 Å². The average molecular weight is 339 g/mol. The Labute approximate surface area is 112 Å². The highest BCUT2D eigenvalue weighted by molar-refractivity contribution is 14.1. The summed E-state index contributed by atoms with van der Waals surface area (Å²) in [5, 5.41) is 0. The molecule has 0 atom stereocenters. The van der Waals surface area contributed by atoms with E-state index in [9.17, 15) is 4.79 Å². The lowest BCUT2D eigenvalue weighted by Gasteiger charge is -2.34. The molecule has 0 radical (unpaired) electrons. The molecule has 0 aromatic rings. The molecule has 1 saturated carbocycles. The zero-order valence-electron chi connectivity index (χ0n) is 10.5. The maximum absolute atomic E-state index is 12.0. The van der Waals surface area contributed by atoms with E-state index in [2.05, 4.69) is 22.6 Å². The van der Waals surface area contributed by atoms with E-state index in [1.165, 1.54) is 19.3 Å². The molecule has 0 aromatic carbocycles. The van der Waals surface area contributed by atoms with Gasteiger partial charge in [0.15, 0.2) is 0 Å². The molecule has 1 aliphatic rings.